The Morgan fingerprint density at radius 2 is 1.67 bits per heavy atom. The van der Waals surface area contributed by atoms with Crippen LogP contribution < -0.4 is 5.73 Å². The summed E-state index contributed by atoms with van der Waals surface area (Å²) in [5, 5.41) is 0. The lowest BCUT2D eigenvalue weighted by atomic mass is 10.1. The normalized spacial score (nSPS) is 11.2. The Labute approximate surface area is 132 Å². The molecule has 0 radical (unpaired) electrons. The molecule has 0 bridgehead atoms. The van der Waals surface area contributed by atoms with Crippen LogP contribution in [0.2, 0.25) is 0 Å². The minimum absolute atomic E-state index is 0. The quantitative estimate of drug-likeness (QED) is 0.864. The zero-order chi connectivity index (χ0) is 15.1. The summed E-state index contributed by atoms with van der Waals surface area (Å²) >= 11 is 0. The summed E-state index contributed by atoms with van der Waals surface area (Å²) in [5.41, 5.74) is 6.69. The summed E-state index contributed by atoms with van der Waals surface area (Å²) in [6.07, 6.45) is 0. The molecule has 0 aliphatic heterocycles. The topological polar surface area (TPSA) is 66.6 Å². The first-order valence-corrected chi connectivity index (χ1v) is 6.84. The first-order chi connectivity index (χ1) is 9.51. The van der Waals surface area contributed by atoms with E-state index in [0.29, 0.717) is 13.1 Å². The molecule has 0 aliphatic rings. The molecule has 6 heteroatoms. The first-order valence-electron chi connectivity index (χ1n) is 6.84. The number of carbonyl (C=O) groups excluding carboxylic acids is 2. The number of carbonyl (C=O) groups is 2. The van der Waals surface area contributed by atoms with Gasteiger partial charge in [-0.3, -0.25) is 9.59 Å². The molecule has 1 aromatic rings. The van der Waals surface area contributed by atoms with Crippen LogP contribution in [0, 0.1) is 0 Å². The smallest absolute Gasteiger partial charge is 0.244 e. The second kappa shape index (κ2) is 9.37. The molecular weight excluding hydrogens is 290 g/mol. The van der Waals surface area contributed by atoms with Crippen LogP contribution in [0.3, 0.4) is 0 Å². The Bertz CT molecular complexity index is 449. The summed E-state index contributed by atoms with van der Waals surface area (Å²) in [4.78, 5) is 27.3. The fourth-order valence-corrected chi connectivity index (χ4v) is 2.00. The lowest BCUT2D eigenvalue weighted by Gasteiger charge is -2.25. The van der Waals surface area contributed by atoms with Gasteiger partial charge in [0.05, 0.1) is 6.54 Å². The van der Waals surface area contributed by atoms with Gasteiger partial charge in [0.1, 0.15) is 6.04 Å². The Hall–Kier alpha value is -1.59. The van der Waals surface area contributed by atoms with E-state index in [0.717, 1.165) is 5.56 Å². The van der Waals surface area contributed by atoms with Gasteiger partial charge in [0.2, 0.25) is 11.8 Å². The molecule has 0 fully saturated rings. The van der Waals surface area contributed by atoms with E-state index in [1.54, 1.807) is 11.9 Å². The molecule has 2 N–H and O–H groups in total. The van der Waals surface area contributed by atoms with Crippen molar-refractivity contribution in [3.05, 3.63) is 35.9 Å². The van der Waals surface area contributed by atoms with Crippen molar-refractivity contribution < 1.29 is 9.59 Å². The lowest BCUT2D eigenvalue weighted by Crippen LogP contribution is -2.43. The highest BCUT2D eigenvalue weighted by atomic mass is 35.5. The number of rotatable bonds is 6. The minimum Gasteiger partial charge on any atom is -0.342 e. The predicted molar refractivity (Wildman–Crippen MR) is 86.2 cm³/mol. The van der Waals surface area contributed by atoms with Gasteiger partial charge in [0, 0.05) is 20.1 Å². The fraction of sp³-hybridized carbons (Fsp3) is 0.467. The van der Waals surface area contributed by atoms with Gasteiger partial charge >= 0.3 is 0 Å². The first kappa shape index (κ1) is 19.4. The van der Waals surface area contributed by atoms with Crippen LogP contribution in [0.25, 0.3) is 0 Å². The molecule has 21 heavy (non-hydrogen) atoms. The van der Waals surface area contributed by atoms with Crippen LogP contribution in [0.1, 0.15) is 25.5 Å². The highest BCUT2D eigenvalue weighted by molar-refractivity contribution is 5.88. The third-order valence-corrected chi connectivity index (χ3v) is 3.29. The Balaban J connectivity index is 0.00000400. The largest absolute Gasteiger partial charge is 0.342 e. The maximum absolute atomic E-state index is 12.2. The Morgan fingerprint density at radius 1 is 1.14 bits per heavy atom. The molecule has 1 unspecified atom stereocenters. The molecule has 0 spiro atoms. The van der Waals surface area contributed by atoms with Gasteiger partial charge in [0.15, 0.2) is 0 Å². The van der Waals surface area contributed by atoms with E-state index in [2.05, 4.69) is 0 Å². The summed E-state index contributed by atoms with van der Waals surface area (Å²) < 4.78 is 0. The number of nitrogens with zero attached hydrogens (tertiary/aromatic N) is 2. The van der Waals surface area contributed by atoms with Crippen molar-refractivity contribution in [3.63, 3.8) is 0 Å². The maximum Gasteiger partial charge on any atom is 0.244 e. The summed E-state index contributed by atoms with van der Waals surface area (Å²) in [6, 6.07) is 8.43. The fourth-order valence-electron chi connectivity index (χ4n) is 2.00. The van der Waals surface area contributed by atoms with Crippen molar-refractivity contribution in [1.29, 1.82) is 0 Å². The molecule has 1 rings (SSSR count). The van der Waals surface area contributed by atoms with Crippen molar-refractivity contribution in [2.24, 2.45) is 5.73 Å². The van der Waals surface area contributed by atoms with Gasteiger partial charge in [-0.15, -0.1) is 12.4 Å². The molecule has 2 amide bonds. The van der Waals surface area contributed by atoms with Gasteiger partial charge in [0.25, 0.3) is 0 Å². The molecule has 1 aromatic carbocycles. The average molecular weight is 314 g/mol. The van der Waals surface area contributed by atoms with Crippen LogP contribution in [-0.2, 0) is 9.59 Å². The zero-order valence-electron chi connectivity index (χ0n) is 12.8. The summed E-state index contributed by atoms with van der Waals surface area (Å²) in [6.45, 7) is 5.17. The third-order valence-electron chi connectivity index (χ3n) is 3.29. The van der Waals surface area contributed by atoms with E-state index in [-0.39, 0.29) is 30.8 Å². The van der Waals surface area contributed by atoms with Crippen molar-refractivity contribution in [1.82, 2.24) is 9.80 Å². The SMILES string of the molecule is CCN(CC)C(=O)CN(C)C(=O)C(N)c1ccccc1.Cl. The van der Waals surface area contributed by atoms with Crippen LogP contribution in [0.4, 0.5) is 0 Å². The number of amides is 2. The number of nitrogens with two attached hydrogens (primary N) is 1. The van der Waals surface area contributed by atoms with E-state index in [1.807, 2.05) is 44.2 Å². The van der Waals surface area contributed by atoms with Crippen LogP contribution in [-0.4, -0.2) is 48.3 Å². The van der Waals surface area contributed by atoms with Crippen LogP contribution >= 0.6 is 12.4 Å². The van der Waals surface area contributed by atoms with Crippen molar-refractivity contribution in [2.45, 2.75) is 19.9 Å². The molecule has 5 nitrogen and oxygen atoms in total. The van der Waals surface area contributed by atoms with Crippen molar-refractivity contribution >= 4 is 24.2 Å². The van der Waals surface area contributed by atoms with Crippen LogP contribution in [0.5, 0.6) is 0 Å². The highest BCUT2D eigenvalue weighted by Crippen LogP contribution is 2.12. The molecule has 1 atom stereocenters. The van der Waals surface area contributed by atoms with Gasteiger partial charge in [-0.1, -0.05) is 30.3 Å². The number of hydrogen-bond acceptors (Lipinski definition) is 3. The van der Waals surface area contributed by atoms with Gasteiger partial charge < -0.3 is 15.5 Å². The second-order valence-electron chi connectivity index (χ2n) is 4.65. The van der Waals surface area contributed by atoms with E-state index in [4.69, 9.17) is 5.73 Å². The summed E-state index contributed by atoms with van der Waals surface area (Å²) in [7, 11) is 1.60. The predicted octanol–water partition coefficient (Wildman–Crippen LogP) is 1.44. The van der Waals surface area contributed by atoms with E-state index >= 15 is 0 Å². The number of benzene rings is 1. The zero-order valence-corrected chi connectivity index (χ0v) is 13.6. The molecule has 0 saturated carbocycles. The van der Waals surface area contributed by atoms with E-state index < -0.39 is 6.04 Å². The molecule has 0 heterocycles. The standard InChI is InChI=1S/C15H23N3O2.ClH/c1-4-18(5-2)13(19)11-17(3)15(20)14(16)12-9-7-6-8-10-12;/h6-10,14H,4-5,11,16H2,1-3H3;1H. The van der Waals surface area contributed by atoms with E-state index in [9.17, 15) is 9.59 Å². The van der Waals surface area contributed by atoms with Gasteiger partial charge in [-0.05, 0) is 19.4 Å². The molecule has 118 valence electrons. The monoisotopic (exact) mass is 313 g/mol. The van der Waals surface area contributed by atoms with Crippen LogP contribution in [0.15, 0.2) is 30.3 Å². The third kappa shape index (κ3) is 5.36. The molecule has 0 saturated heterocycles. The average Bonchev–Trinajstić information content (AvgIpc) is 2.47. The van der Waals surface area contributed by atoms with Gasteiger partial charge in [-0.2, -0.15) is 0 Å². The maximum atomic E-state index is 12.2. The molecule has 0 aliphatic carbocycles. The summed E-state index contributed by atoms with van der Waals surface area (Å²) in [5.74, 6) is -0.317. The number of halogens is 1. The van der Waals surface area contributed by atoms with Gasteiger partial charge in [-0.25, -0.2) is 0 Å². The Kier molecular flexibility index (Phi) is 8.66. The van der Waals surface area contributed by atoms with E-state index in [1.165, 1.54) is 4.90 Å². The van der Waals surface area contributed by atoms with Crippen molar-refractivity contribution in [2.75, 3.05) is 26.7 Å². The molecule has 0 aromatic heterocycles. The minimum atomic E-state index is -0.731. The second-order valence-corrected chi connectivity index (χ2v) is 4.65. The Morgan fingerprint density at radius 3 is 2.14 bits per heavy atom. The number of likely N-dealkylation sites (N-methyl/N-ethyl adjacent to an activating group) is 2. The molecular formula is C15H24ClN3O2. The van der Waals surface area contributed by atoms with Crippen molar-refractivity contribution in [3.8, 4) is 0 Å². The number of hydrogen-bond donors (Lipinski definition) is 1. The highest BCUT2D eigenvalue weighted by Gasteiger charge is 2.22. The lowest BCUT2D eigenvalue weighted by molar-refractivity contribution is -0.140.